The van der Waals surface area contributed by atoms with E-state index in [1.807, 2.05) is 24.3 Å². The third-order valence-corrected chi connectivity index (χ3v) is 12.5. The molecule has 10 aromatic carbocycles. The predicted molar refractivity (Wildman–Crippen MR) is 257 cm³/mol. The number of rotatable bonds is 6. The zero-order valence-corrected chi connectivity index (χ0v) is 33.4. The van der Waals surface area contributed by atoms with Crippen LogP contribution in [-0.2, 0) is 0 Å². The minimum Gasteiger partial charge on any atom is -0.456 e. The molecule has 0 radical (unpaired) electrons. The standard InChI is InChI=1S/C58H35NO3/c1-2-12-39-34-56-49(33-38(39)11-1)58-47(17-10-22-54(58)62-56)44-13-3-6-18-50(44)59(41-28-23-36(24-29-41)40-27-32-46-45-14-4-7-19-51(45)61-55(46)35-40)42-30-25-37(26-31-42)43-16-9-21-53-57(43)48-15-5-8-20-52(48)60-53/h1-35H. The van der Waals surface area contributed by atoms with Gasteiger partial charge in [-0.15, -0.1) is 0 Å². The topological polar surface area (TPSA) is 42.7 Å². The Bertz CT molecular complexity index is 3870. The summed E-state index contributed by atoms with van der Waals surface area (Å²) in [5.74, 6) is 0. The molecule has 0 bridgehead atoms. The van der Waals surface area contributed by atoms with Crippen molar-refractivity contribution in [3.05, 3.63) is 212 Å². The molecule has 0 amide bonds. The summed E-state index contributed by atoms with van der Waals surface area (Å²) in [5, 5.41) is 9.05. The van der Waals surface area contributed by atoms with Crippen LogP contribution in [0, 0.1) is 0 Å². The van der Waals surface area contributed by atoms with E-state index in [0.717, 1.165) is 122 Å². The van der Waals surface area contributed by atoms with Gasteiger partial charge in [0.05, 0.1) is 5.69 Å². The van der Waals surface area contributed by atoms with E-state index in [4.69, 9.17) is 13.3 Å². The highest BCUT2D eigenvalue weighted by Gasteiger charge is 2.22. The Hall–Kier alpha value is -8.34. The molecule has 4 nitrogen and oxygen atoms in total. The van der Waals surface area contributed by atoms with Crippen molar-refractivity contribution in [2.45, 2.75) is 0 Å². The number of hydrogen-bond donors (Lipinski definition) is 0. The third kappa shape index (κ3) is 5.40. The molecule has 3 heterocycles. The summed E-state index contributed by atoms with van der Waals surface area (Å²) in [6.07, 6.45) is 0. The molecule has 3 aromatic heterocycles. The lowest BCUT2D eigenvalue weighted by Gasteiger charge is -2.28. The average Bonchev–Trinajstić information content (AvgIpc) is 4.02. The first kappa shape index (κ1) is 34.5. The van der Waals surface area contributed by atoms with E-state index in [1.165, 1.54) is 5.39 Å². The number of hydrogen-bond acceptors (Lipinski definition) is 4. The zero-order valence-electron chi connectivity index (χ0n) is 33.4. The summed E-state index contributed by atoms with van der Waals surface area (Å²) in [5.41, 5.74) is 15.1. The SMILES string of the molecule is c1ccc(N(c2ccc(-c3ccc4c(c3)oc3ccccc34)cc2)c2ccc(-c3cccc4oc5ccccc5c34)cc2)c(-c2cccc3oc4cc5ccccc5cc4c23)c1. The first-order valence-corrected chi connectivity index (χ1v) is 21.0. The molecule has 0 aliphatic carbocycles. The lowest BCUT2D eigenvalue weighted by molar-refractivity contribution is 0.668. The second-order valence-corrected chi connectivity index (χ2v) is 16.0. The largest absolute Gasteiger partial charge is 0.456 e. The number of furan rings is 3. The van der Waals surface area contributed by atoms with Crippen LogP contribution in [0.25, 0.3) is 110 Å². The van der Waals surface area contributed by atoms with Crippen molar-refractivity contribution in [1.29, 1.82) is 0 Å². The van der Waals surface area contributed by atoms with Gasteiger partial charge in [-0.1, -0.05) is 133 Å². The average molecular weight is 794 g/mol. The van der Waals surface area contributed by atoms with E-state index in [-0.39, 0.29) is 0 Å². The Morgan fingerprint density at radius 1 is 0.274 bits per heavy atom. The van der Waals surface area contributed by atoms with Crippen LogP contribution in [-0.4, -0.2) is 0 Å². The van der Waals surface area contributed by atoms with Crippen molar-refractivity contribution in [1.82, 2.24) is 0 Å². The van der Waals surface area contributed by atoms with Crippen molar-refractivity contribution in [2.75, 3.05) is 4.90 Å². The van der Waals surface area contributed by atoms with E-state index in [9.17, 15) is 0 Å². The van der Waals surface area contributed by atoms with Gasteiger partial charge in [0.2, 0.25) is 0 Å². The van der Waals surface area contributed by atoms with Gasteiger partial charge in [0.15, 0.2) is 0 Å². The second-order valence-electron chi connectivity index (χ2n) is 16.0. The number of anilines is 3. The summed E-state index contributed by atoms with van der Waals surface area (Å²) >= 11 is 0. The van der Waals surface area contributed by atoms with E-state index < -0.39 is 0 Å². The van der Waals surface area contributed by atoms with Crippen LogP contribution >= 0.6 is 0 Å². The van der Waals surface area contributed by atoms with Crippen LogP contribution in [0.5, 0.6) is 0 Å². The molecule has 0 saturated heterocycles. The molecule has 0 aliphatic heterocycles. The van der Waals surface area contributed by atoms with Crippen LogP contribution < -0.4 is 4.90 Å². The normalized spacial score (nSPS) is 11.9. The van der Waals surface area contributed by atoms with E-state index in [1.54, 1.807) is 0 Å². The minimum absolute atomic E-state index is 0.866. The Kier molecular flexibility index (Phi) is 7.57. The summed E-state index contributed by atoms with van der Waals surface area (Å²) in [4.78, 5) is 2.37. The van der Waals surface area contributed by atoms with Crippen molar-refractivity contribution in [3.8, 4) is 33.4 Å². The molecule has 62 heavy (non-hydrogen) atoms. The van der Waals surface area contributed by atoms with Gasteiger partial charge in [0.1, 0.15) is 33.5 Å². The lowest BCUT2D eigenvalue weighted by Crippen LogP contribution is -2.11. The molecule has 0 saturated carbocycles. The molecule has 0 aliphatic rings. The van der Waals surface area contributed by atoms with Crippen molar-refractivity contribution in [3.63, 3.8) is 0 Å². The van der Waals surface area contributed by atoms with Crippen molar-refractivity contribution >= 4 is 93.7 Å². The molecular formula is C58H35NO3. The Labute approximate surface area is 356 Å². The summed E-state index contributed by atoms with van der Waals surface area (Å²) in [6, 6.07) is 75.1. The van der Waals surface area contributed by atoms with Gasteiger partial charge in [-0.05, 0) is 117 Å². The van der Waals surface area contributed by atoms with Gasteiger partial charge in [-0.2, -0.15) is 0 Å². The summed E-state index contributed by atoms with van der Waals surface area (Å²) in [6.45, 7) is 0. The predicted octanol–water partition coefficient (Wildman–Crippen LogP) is 17.0. The fraction of sp³-hybridized carbons (Fsp3) is 0. The number of nitrogens with zero attached hydrogens (tertiary/aromatic N) is 1. The van der Waals surface area contributed by atoms with Crippen LogP contribution in [0.4, 0.5) is 17.1 Å². The zero-order chi connectivity index (χ0) is 40.7. The van der Waals surface area contributed by atoms with Gasteiger partial charge in [-0.25, -0.2) is 0 Å². The van der Waals surface area contributed by atoms with Gasteiger partial charge < -0.3 is 18.2 Å². The van der Waals surface area contributed by atoms with Crippen LogP contribution in [0.2, 0.25) is 0 Å². The highest BCUT2D eigenvalue weighted by Crippen LogP contribution is 2.46. The molecule has 4 heteroatoms. The number of benzene rings is 10. The molecule has 13 rings (SSSR count). The molecule has 0 fully saturated rings. The van der Waals surface area contributed by atoms with Gasteiger partial charge in [0, 0.05) is 49.3 Å². The molecule has 13 aromatic rings. The van der Waals surface area contributed by atoms with E-state index >= 15 is 0 Å². The molecular weight excluding hydrogens is 759 g/mol. The van der Waals surface area contributed by atoms with Gasteiger partial charge in [-0.3, -0.25) is 0 Å². The number of fused-ring (bicyclic) bond motifs is 10. The van der Waals surface area contributed by atoms with E-state index in [0.29, 0.717) is 0 Å². The molecule has 0 N–H and O–H groups in total. The lowest BCUT2D eigenvalue weighted by atomic mass is 9.95. The fourth-order valence-electron chi connectivity index (χ4n) is 9.57. The quantitative estimate of drug-likeness (QED) is 0.168. The maximum atomic E-state index is 6.57. The molecule has 0 spiro atoms. The third-order valence-electron chi connectivity index (χ3n) is 12.5. The van der Waals surface area contributed by atoms with Crippen LogP contribution in [0.3, 0.4) is 0 Å². The molecule has 0 unspecified atom stereocenters. The Morgan fingerprint density at radius 2 is 0.774 bits per heavy atom. The highest BCUT2D eigenvalue weighted by atomic mass is 16.3. The van der Waals surface area contributed by atoms with E-state index in [2.05, 4.69) is 193 Å². The maximum absolute atomic E-state index is 6.57. The van der Waals surface area contributed by atoms with Crippen molar-refractivity contribution in [2.24, 2.45) is 0 Å². The van der Waals surface area contributed by atoms with Gasteiger partial charge in [0.25, 0.3) is 0 Å². The highest BCUT2D eigenvalue weighted by molar-refractivity contribution is 6.17. The second kappa shape index (κ2) is 13.6. The Balaban J connectivity index is 0.974. The number of para-hydroxylation sites is 3. The molecule has 290 valence electrons. The Morgan fingerprint density at radius 3 is 1.55 bits per heavy atom. The first-order chi connectivity index (χ1) is 30.7. The maximum Gasteiger partial charge on any atom is 0.136 e. The summed E-state index contributed by atoms with van der Waals surface area (Å²) in [7, 11) is 0. The van der Waals surface area contributed by atoms with Crippen LogP contribution in [0.1, 0.15) is 0 Å². The van der Waals surface area contributed by atoms with Crippen molar-refractivity contribution < 1.29 is 13.3 Å². The first-order valence-electron chi connectivity index (χ1n) is 21.0. The van der Waals surface area contributed by atoms with Gasteiger partial charge >= 0.3 is 0 Å². The summed E-state index contributed by atoms with van der Waals surface area (Å²) < 4.78 is 19.1. The molecule has 0 atom stereocenters. The van der Waals surface area contributed by atoms with Crippen LogP contribution in [0.15, 0.2) is 226 Å². The fourth-order valence-corrected chi connectivity index (χ4v) is 9.57. The smallest absolute Gasteiger partial charge is 0.136 e. The minimum atomic E-state index is 0.866. The monoisotopic (exact) mass is 793 g/mol.